The molecule has 0 saturated carbocycles. The van der Waals surface area contributed by atoms with E-state index in [1.807, 2.05) is 54.4 Å². The van der Waals surface area contributed by atoms with E-state index >= 15 is 4.39 Å². The fourth-order valence-electron chi connectivity index (χ4n) is 6.04. The molecule has 6 aromatic rings. The summed E-state index contributed by atoms with van der Waals surface area (Å²) in [5.74, 6) is -1.67. The van der Waals surface area contributed by atoms with E-state index in [1.165, 1.54) is 30.6 Å². The molecule has 2 aromatic carbocycles. The minimum atomic E-state index is -0.783. The van der Waals surface area contributed by atoms with Crippen molar-refractivity contribution >= 4 is 38.2 Å². The van der Waals surface area contributed by atoms with E-state index in [4.69, 9.17) is 19.6 Å². The van der Waals surface area contributed by atoms with Gasteiger partial charge in [-0.3, -0.25) is 14.2 Å². The zero-order valence-electron chi connectivity index (χ0n) is 25.5. The number of aromatic nitrogens is 5. The predicted molar refractivity (Wildman–Crippen MR) is 173 cm³/mol. The number of thiophene rings is 1. The van der Waals surface area contributed by atoms with Crippen molar-refractivity contribution in [3.63, 3.8) is 0 Å². The average molecular weight is 641 g/mol. The Hall–Kier alpha value is -4.94. The van der Waals surface area contributed by atoms with Crippen molar-refractivity contribution in [2.45, 2.75) is 26.1 Å². The Balaban J connectivity index is 1.50. The third-order valence-corrected chi connectivity index (χ3v) is 9.24. The van der Waals surface area contributed by atoms with Crippen LogP contribution in [0.5, 0.6) is 5.75 Å². The lowest BCUT2D eigenvalue weighted by atomic mass is 9.96. The van der Waals surface area contributed by atoms with Gasteiger partial charge in [-0.25, -0.2) is 13.8 Å². The maximum absolute atomic E-state index is 16.0. The van der Waals surface area contributed by atoms with Gasteiger partial charge in [-0.05, 0) is 36.6 Å². The van der Waals surface area contributed by atoms with Crippen molar-refractivity contribution in [2.75, 3.05) is 20.3 Å². The number of nitrogens with zero attached hydrogens (tertiary/aromatic N) is 6. The molecule has 46 heavy (non-hydrogen) atoms. The molecule has 234 valence electrons. The number of pyridine rings is 1. The zero-order chi connectivity index (χ0) is 32.1. The Morgan fingerprint density at radius 2 is 1.98 bits per heavy atom. The number of rotatable bonds is 8. The maximum atomic E-state index is 16.0. The summed E-state index contributed by atoms with van der Waals surface area (Å²) in [6.07, 6.45) is 3.11. The largest absolute Gasteiger partial charge is 0.490 e. The summed E-state index contributed by atoms with van der Waals surface area (Å²) >= 11 is 1.43. The number of benzene rings is 2. The Morgan fingerprint density at radius 1 is 1.13 bits per heavy atom. The summed E-state index contributed by atoms with van der Waals surface area (Å²) in [6.45, 7) is 6.72. The van der Waals surface area contributed by atoms with Gasteiger partial charge in [-0.2, -0.15) is 10.2 Å². The number of carbonyl (C=O) groups is 1. The highest BCUT2D eigenvalue weighted by Gasteiger charge is 2.30. The molecule has 5 heterocycles. The van der Waals surface area contributed by atoms with Gasteiger partial charge in [0.25, 0.3) is 0 Å². The van der Waals surface area contributed by atoms with Gasteiger partial charge in [-0.15, -0.1) is 11.3 Å². The van der Waals surface area contributed by atoms with Gasteiger partial charge in [0.1, 0.15) is 35.4 Å². The number of methoxy groups -OCH3 is 1. The van der Waals surface area contributed by atoms with Crippen molar-refractivity contribution in [1.29, 1.82) is 0 Å². The van der Waals surface area contributed by atoms with Crippen molar-refractivity contribution in [3.8, 4) is 39.5 Å². The molecule has 9 nitrogen and oxygen atoms in total. The fraction of sp³-hybridized carbons (Fsp3) is 0.235. The molecular formula is C34H30F2N6O3S. The lowest BCUT2D eigenvalue weighted by Gasteiger charge is -2.33. The molecule has 0 aliphatic carbocycles. The van der Waals surface area contributed by atoms with Crippen molar-refractivity contribution in [3.05, 3.63) is 84.0 Å². The third kappa shape index (κ3) is 5.03. The minimum Gasteiger partial charge on any atom is -0.490 e. The number of carbonyl (C=O) groups excluding carboxylic acids is 1. The Kier molecular flexibility index (Phi) is 7.61. The molecule has 0 bridgehead atoms. The van der Waals surface area contributed by atoms with E-state index in [0.29, 0.717) is 35.7 Å². The van der Waals surface area contributed by atoms with E-state index in [-0.39, 0.29) is 36.5 Å². The van der Waals surface area contributed by atoms with Crippen molar-refractivity contribution < 1.29 is 23.0 Å². The molecule has 1 atom stereocenters. The summed E-state index contributed by atoms with van der Waals surface area (Å²) in [5.41, 5.74) is 4.71. The summed E-state index contributed by atoms with van der Waals surface area (Å²) in [7, 11) is 3.41. The number of halogens is 2. The van der Waals surface area contributed by atoms with E-state index in [9.17, 15) is 9.18 Å². The fourth-order valence-corrected chi connectivity index (χ4v) is 6.99. The summed E-state index contributed by atoms with van der Waals surface area (Å²) in [6, 6.07) is 11.8. The summed E-state index contributed by atoms with van der Waals surface area (Å²) in [4.78, 5) is 19.5. The number of hydrogen-bond donors (Lipinski definition) is 0. The van der Waals surface area contributed by atoms with Crippen LogP contribution in [0.1, 0.15) is 12.6 Å². The second kappa shape index (κ2) is 11.8. The lowest BCUT2D eigenvalue weighted by molar-refractivity contribution is -0.129. The molecule has 4 aromatic heterocycles. The van der Waals surface area contributed by atoms with Crippen LogP contribution in [0, 0.1) is 11.6 Å². The van der Waals surface area contributed by atoms with E-state index in [2.05, 4.69) is 11.7 Å². The second-order valence-electron chi connectivity index (χ2n) is 11.2. The number of ether oxygens (including phenoxy) is 2. The summed E-state index contributed by atoms with van der Waals surface area (Å²) < 4.78 is 46.1. The van der Waals surface area contributed by atoms with Crippen LogP contribution in [0.4, 0.5) is 8.78 Å². The predicted octanol–water partition coefficient (Wildman–Crippen LogP) is 6.60. The number of fused-ring (bicyclic) bond motifs is 3. The smallest absolute Gasteiger partial charge is 0.246 e. The molecule has 12 heteroatoms. The molecule has 1 aliphatic rings. The lowest BCUT2D eigenvalue weighted by Crippen LogP contribution is -2.44. The van der Waals surface area contributed by atoms with Gasteiger partial charge in [0.15, 0.2) is 0 Å². The van der Waals surface area contributed by atoms with Gasteiger partial charge in [0.2, 0.25) is 5.91 Å². The molecule has 0 fully saturated rings. The highest BCUT2D eigenvalue weighted by Crippen LogP contribution is 2.47. The van der Waals surface area contributed by atoms with E-state index in [0.717, 1.165) is 38.3 Å². The van der Waals surface area contributed by atoms with Crippen LogP contribution >= 0.6 is 11.3 Å². The third-order valence-electron chi connectivity index (χ3n) is 8.31. The molecular weight excluding hydrogens is 610 g/mol. The standard InChI is InChI=1S/C34H30F2N6O3S/c1-5-29(43)41-18-23-15-26(39-42(23)17-19(41)2)33-31(30-25(36)13-22(35)14-28(30)45-10-9-44-4)34-24(8-11-46-34)32(38-33)20-6-7-21-16-37-40(3)27(21)12-20/h5-8,11-16,19H,1,9-10,17-18H2,2-4H3. The molecule has 1 amide bonds. The highest BCUT2D eigenvalue weighted by molar-refractivity contribution is 7.18. The van der Waals surface area contributed by atoms with Crippen LogP contribution < -0.4 is 4.74 Å². The Labute approximate surface area is 267 Å². The molecule has 1 unspecified atom stereocenters. The number of amides is 1. The van der Waals surface area contributed by atoms with Crippen LogP contribution in [0.2, 0.25) is 0 Å². The first kappa shape index (κ1) is 29.8. The molecule has 0 N–H and O–H groups in total. The zero-order valence-corrected chi connectivity index (χ0v) is 26.3. The van der Waals surface area contributed by atoms with Gasteiger partial charge in [0, 0.05) is 58.9 Å². The molecule has 7 rings (SSSR count). The normalized spacial score (nSPS) is 14.6. The molecule has 0 radical (unpaired) electrons. The topological polar surface area (TPSA) is 87.3 Å². The monoisotopic (exact) mass is 640 g/mol. The maximum Gasteiger partial charge on any atom is 0.246 e. The number of aryl methyl sites for hydroxylation is 1. The number of hydrogen-bond acceptors (Lipinski definition) is 7. The van der Waals surface area contributed by atoms with E-state index in [1.54, 1.807) is 15.8 Å². The first-order chi connectivity index (χ1) is 22.3. The van der Waals surface area contributed by atoms with Crippen LogP contribution in [-0.2, 0) is 29.7 Å². The van der Waals surface area contributed by atoms with Gasteiger partial charge >= 0.3 is 0 Å². The molecule has 0 saturated heterocycles. The highest BCUT2D eigenvalue weighted by atomic mass is 32.1. The van der Waals surface area contributed by atoms with Crippen LogP contribution in [-0.4, -0.2) is 61.7 Å². The van der Waals surface area contributed by atoms with Crippen LogP contribution in [0.3, 0.4) is 0 Å². The van der Waals surface area contributed by atoms with Crippen molar-refractivity contribution in [1.82, 2.24) is 29.4 Å². The Bertz CT molecular complexity index is 2150. The van der Waals surface area contributed by atoms with Crippen LogP contribution in [0.15, 0.2) is 66.7 Å². The van der Waals surface area contributed by atoms with Gasteiger partial charge in [-0.1, -0.05) is 18.7 Å². The van der Waals surface area contributed by atoms with Gasteiger partial charge in [0.05, 0.1) is 48.4 Å². The first-order valence-corrected chi connectivity index (χ1v) is 15.6. The second-order valence-corrected chi connectivity index (χ2v) is 12.1. The quantitative estimate of drug-likeness (QED) is 0.138. The molecule has 1 aliphatic heterocycles. The molecule has 0 spiro atoms. The summed E-state index contributed by atoms with van der Waals surface area (Å²) in [5, 5.41) is 13.0. The van der Waals surface area contributed by atoms with E-state index < -0.39 is 11.6 Å². The minimum absolute atomic E-state index is 0.0386. The van der Waals surface area contributed by atoms with Crippen molar-refractivity contribution in [2.24, 2.45) is 7.05 Å². The average Bonchev–Trinajstić information content (AvgIpc) is 3.78. The first-order valence-electron chi connectivity index (χ1n) is 14.7. The van der Waals surface area contributed by atoms with Crippen LogP contribution in [0.25, 0.3) is 54.8 Å². The van der Waals surface area contributed by atoms with Gasteiger partial charge < -0.3 is 14.4 Å². The SMILES string of the molecule is C=CC(=O)N1Cc2cc(-c3nc(-c4ccc5cnn(C)c5c4)c4ccsc4c3-c3c(F)cc(F)cc3OCCOC)nn2CC1C. The Morgan fingerprint density at radius 3 is 2.78 bits per heavy atom.